The second-order valence-electron chi connectivity index (χ2n) is 16.2. The van der Waals surface area contributed by atoms with Crippen molar-refractivity contribution in [2.45, 2.75) is 88.6 Å². The van der Waals surface area contributed by atoms with Crippen molar-refractivity contribution in [2.75, 3.05) is 24.6 Å². The van der Waals surface area contributed by atoms with Gasteiger partial charge in [-0.3, -0.25) is 58.4 Å². The van der Waals surface area contributed by atoms with Crippen LogP contribution in [0.5, 0.6) is 5.75 Å². The second-order valence-corrected chi connectivity index (χ2v) is 18.7. The third-order valence-electron chi connectivity index (χ3n) is 10.5. The molecule has 0 radical (unpaired) electrons. The van der Waals surface area contributed by atoms with Crippen molar-refractivity contribution < 1.29 is 48.5 Å². The molecule has 0 aliphatic carbocycles. The summed E-state index contributed by atoms with van der Waals surface area (Å²) in [5.74, 6) is -5.67. The maximum Gasteiger partial charge on any atom is 0.293 e. The van der Waals surface area contributed by atoms with Crippen molar-refractivity contribution in [3.05, 3.63) is 86.5 Å². The number of carbonyl (C=O) groups excluding carboxylic acids is 7. The first kappa shape index (κ1) is 51.2. The molecule has 1 aromatic heterocycles. The smallest absolute Gasteiger partial charge is 0.293 e. The Bertz CT molecular complexity index is 2330. The van der Waals surface area contributed by atoms with E-state index < -0.39 is 112 Å². The number of nitrogens with zero attached hydrogens (tertiary/aromatic N) is 4. The highest BCUT2D eigenvalue weighted by Gasteiger charge is 2.36. The molecule has 2 aliphatic rings. The zero-order valence-corrected chi connectivity index (χ0v) is 38.1. The van der Waals surface area contributed by atoms with Crippen molar-refractivity contribution in [3.8, 4) is 11.4 Å². The Balaban J connectivity index is 1.56. The number of aromatic nitrogens is 2. The number of amides is 7. The molecule has 2 bridgehead atoms. The fourth-order valence-electron chi connectivity index (χ4n) is 7.04. The first-order valence-corrected chi connectivity index (χ1v) is 23.7. The number of fused-ring (bicyclic) bond motifs is 3. The molecule has 3 heterocycles. The first-order chi connectivity index (χ1) is 31.9. The molecule has 360 valence electrons. The summed E-state index contributed by atoms with van der Waals surface area (Å²) >= 11 is 0. The highest BCUT2D eigenvalue weighted by Crippen LogP contribution is 2.28. The van der Waals surface area contributed by atoms with Gasteiger partial charge in [0.25, 0.3) is 11.4 Å². The van der Waals surface area contributed by atoms with Crippen LogP contribution in [-0.2, 0) is 46.4 Å². The summed E-state index contributed by atoms with van der Waals surface area (Å²) in [6.07, 6.45) is 2.82. The number of imidazole rings is 1. The van der Waals surface area contributed by atoms with E-state index in [4.69, 9.17) is 5.73 Å². The predicted molar refractivity (Wildman–Crippen MR) is 244 cm³/mol. The molecule has 3 aromatic rings. The highest BCUT2D eigenvalue weighted by molar-refractivity contribution is 8.76. The summed E-state index contributed by atoms with van der Waals surface area (Å²) in [5.41, 5.74) is 5.08. The van der Waals surface area contributed by atoms with Crippen LogP contribution in [0.1, 0.15) is 50.8 Å². The van der Waals surface area contributed by atoms with Crippen molar-refractivity contribution in [1.82, 2.24) is 46.8 Å². The number of carbonyl (C=O) groups is 7. The summed E-state index contributed by atoms with van der Waals surface area (Å²) in [6.45, 7) is 3.35. The van der Waals surface area contributed by atoms with Crippen LogP contribution in [0.15, 0.2) is 55.0 Å². The molecule has 24 nitrogen and oxygen atoms in total. The van der Waals surface area contributed by atoms with E-state index in [0.29, 0.717) is 18.4 Å². The van der Waals surface area contributed by atoms with E-state index in [1.54, 1.807) is 0 Å². The fraction of sp³-hybridized carbons (Fsp3) is 0.463. The average Bonchev–Trinajstić information content (AvgIpc) is 3.75. The molecular weight excluding hydrogens is 917 g/mol. The Labute approximate surface area is 391 Å². The van der Waals surface area contributed by atoms with Crippen LogP contribution in [0.25, 0.3) is 5.69 Å². The molecule has 2 aliphatic heterocycles. The van der Waals surface area contributed by atoms with Gasteiger partial charge >= 0.3 is 0 Å². The number of hydrogen-bond donors (Lipinski definition) is 9. The van der Waals surface area contributed by atoms with Gasteiger partial charge in [-0.1, -0.05) is 47.6 Å². The topological polar surface area (TPSA) is 354 Å². The number of non-ortho nitro benzene ring substituents is 1. The van der Waals surface area contributed by atoms with Gasteiger partial charge in [0, 0.05) is 48.7 Å². The van der Waals surface area contributed by atoms with Crippen molar-refractivity contribution in [3.63, 3.8) is 0 Å². The predicted octanol–water partition coefficient (Wildman–Crippen LogP) is -0.212. The largest absolute Gasteiger partial charge is 0.508 e. The maximum atomic E-state index is 14.6. The number of hydrogen-bond acceptors (Lipinski definition) is 16. The normalized spacial score (nSPS) is 22.7. The van der Waals surface area contributed by atoms with E-state index >= 15 is 0 Å². The lowest BCUT2D eigenvalue weighted by Gasteiger charge is -2.28. The maximum absolute atomic E-state index is 14.6. The third-order valence-corrected chi connectivity index (χ3v) is 12.9. The molecule has 2 fully saturated rings. The summed E-state index contributed by atoms with van der Waals surface area (Å²) in [4.78, 5) is 123. The lowest BCUT2D eigenvalue weighted by molar-refractivity contribution is -0.389. The number of nitro groups is 2. The fourth-order valence-corrected chi connectivity index (χ4v) is 9.37. The van der Waals surface area contributed by atoms with E-state index in [1.807, 2.05) is 13.8 Å². The minimum atomic E-state index is -1.58. The molecule has 6 atom stereocenters. The number of nitrogens with two attached hydrogens (primary N) is 1. The zero-order valence-electron chi connectivity index (χ0n) is 36.4. The van der Waals surface area contributed by atoms with Crippen molar-refractivity contribution >= 4 is 74.3 Å². The number of rotatable bonds is 13. The lowest BCUT2D eigenvalue weighted by atomic mass is 10.0. The summed E-state index contributed by atoms with van der Waals surface area (Å²) in [5, 5.41) is 51.8. The number of aromatic hydroxyl groups is 1. The van der Waals surface area contributed by atoms with Crippen LogP contribution in [-0.4, -0.2) is 127 Å². The molecule has 5 rings (SSSR count). The van der Waals surface area contributed by atoms with E-state index in [9.17, 15) is 58.9 Å². The Morgan fingerprint density at radius 3 is 1.99 bits per heavy atom. The van der Waals surface area contributed by atoms with Crippen molar-refractivity contribution in [1.29, 1.82) is 0 Å². The Morgan fingerprint density at radius 1 is 0.746 bits per heavy atom. The lowest BCUT2D eigenvalue weighted by Crippen LogP contribution is -2.61. The van der Waals surface area contributed by atoms with E-state index in [1.165, 1.54) is 52.1 Å². The SMILES string of the molecule is CC(C)C[C@@H]1NC(=O)[C@H](CCCCN)NC(=O)[C@H](Cc2ccc(O)cc2)NC(=O)[C@H](Cc2cn(-c3cc([N+](=O)[O-])ccc3[N+](=O)[O-])cn2)NC(=O)[C@@H]2CSSC[C@H](NC(=O)CNC1=O)C(=O)N2. The molecule has 0 unspecified atom stereocenters. The molecule has 2 saturated heterocycles. The molecule has 0 saturated carbocycles. The van der Waals surface area contributed by atoms with Crippen LogP contribution < -0.4 is 43.0 Å². The van der Waals surface area contributed by atoms with Crippen LogP contribution in [0.2, 0.25) is 0 Å². The van der Waals surface area contributed by atoms with Gasteiger partial charge in [0.1, 0.15) is 47.7 Å². The van der Waals surface area contributed by atoms with Gasteiger partial charge in [-0.05, 0) is 55.8 Å². The molecule has 2 aromatic carbocycles. The first-order valence-electron chi connectivity index (χ1n) is 21.2. The zero-order chi connectivity index (χ0) is 48.8. The van der Waals surface area contributed by atoms with E-state index in [2.05, 4.69) is 42.2 Å². The number of unbranched alkanes of at least 4 members (excludes halogenated alkanes) is 1. The molecule has 26 heteroatoms. The van der Waals surface area contributed by atoms with Gasteiger partial charge in [-0.2, -0.15) is 0 Å². The summed E-state index contributed by atoms with van der Waals surface area (Å²) in [7, 11) is 2.38. The van der Waals surface area contributed by atoms with Crippen molar-refractivity contribution in [2.24, 2.45) is 11.7 Å². The van der Waals surface area contributed by atoms with Crippen LogP contribution in [0.3, 0.4) is 0 Å². The van der Waals surface area contributed by atoms with Gasteiger partial charge < -0.3 is 48.1 Å². The Hall–Kier alpha value is -6.80. The van der Waals surface area contributed by atoms with E-state index in [0.717, 1.165) is 29.1 Å². The second kappa shape index (κ2) is 24.1. The molecule has 67 heavy (non-hydrogen) atoms. The molecule has 10 N–H and O–H groups in total. The molecule has 0 spiro atoms. The average molecular weight is 969 g/mol. The third kappa shape index (κ3) is 14.9. The van der Waals surface area contributed by atoms with Gasteiger partial charge in [0.05, 0.1) is 28.4 Å². The van der Waals surface area contributed by atoms with E-state index in [-0.39, 0.29) is 60.4 Å². The van der Waals surface area contributed by atoms with Crippen LogP contribution in [0.4, 0.5) is 11.4 Å². The minimum absolute atomic E-state index is 0.00802. The Morgan fingerprint density at radius 2 is 1.34 bits per heavy atom. The van der Waals surface area contributed by atoms with Gasteiger partial charge in [-0.25, -0.2) is 4.98 Å². The van der Waals surface area contributed by atoms with Gasteiger partial charge in [-0.15, -0.1) is 0 Å². The van der Waals surface area contributed by atoms with Gasteiger partial charge in [0.15, 0.2) is 0 Å². The van der Waals surface area contributed by atoms with Crippen LogP contribution in [0, 0.1) is 26.1 Å². The molecular formula is C41H52N12O12S2. The number of phenols is 1. The number of nitrogens with one attached hydrogen (secondary N) is 7. The number of nitro benzene ring substituents is 2. The van der Waals surface area contributed by atoms with Gasteiger partial charge in [0.2, 0.25) is 41.4 Å². The Kier molecular flexibility index (Phi) is 18.4. The quantitative estimate of drug-likeness (QED) is 0.0463. The summed E-state index contributed by atoms with van der Waals surface area (Å²) in [6, 6.07) is 0.753. The number of benzene rings is 2. The minimum Gasteiger partial charge on any atom is -0.508 e. The van der Waals surface area contributed by atoms with Crippen LogP contribution >= 0.6 is 21.6 Å². The number of phenolic OH excluding ortho intramolecular Hbond substituents is 1. The standard InChI is InChI=1S/C41H52N12O12S2/c1-22(2)13-28-36(56)43-17-35(55)45-31-19-66-67-20-32(50-40(31)60)41(61)49-30(15-24-18-51(21-44-24)34-16-25(52(62)63)8-11-33(34)53(64)65)39(59)48-29(14-23-6-9-26(54)10-7-23)38(58)46-27(37(57)47-28)5-3-4-12-42/h6-11,16,18,21-22,27-32,54H,3-5,12-15,17,19-20,42H2,1-2H3,(H,43,56)(H,45,55)(H,46,58)(H,47,57)(H,48,59)(H,49,61)(H,50,60)/t27-,28-,29-,30-,31-,32-/m0/s1. The molecule has 7 amide bonds. The monoisotopic (exact) mass is 968 g/mol. The highest BCUT2D eigenvalue weighted by atomic mass is 33.1. The summed E-state index contributed by atoms with van der Waals surface area (Å²) < 4.78 is 1.14.